The molecule has 0 unspecified atom stereocenters. The molecule has 1 amide bonds. The Balaban J connectivity index is 2.39. The number of aliphatic hydroxyl groups is 1. The van der Waals surface area contributed by atoms with Gasteiger partial charge in [-0.3, -0.25) is 4.79 Å². The third-order valence-electron chi connectivity index (χ3n) is 3.23. The molecule has 1 saturated heterocycles. The highest BCUT2D eigenvalue weighted by atomic mass is 16.3. The summed E-state index contributed by atoms with van der Waals surface area (Å²) in [5.41, 5.74) is 2.73. The Labute approximate surface area is 108 Å². The second kappa shape index (κ2) is 5.25. The van der Waals surface area contributed by atoms with Gasteiger partial charge in [-0.15, -0.1) is 0 Å². The fourth-order valence-corrected chi connectivity index (χ4v) is 2.35. The maximum absolute atomic E-state index is 11.8. The van der Waals surface area contributed by atoms with Crippen LogP contribution in [0.4, 0.5) is 5.69 Å². The first-order valence-electron chi connectivity index (χ1n) is 6.44. The lowest BCUT2D eigenvalue weighted by Gasteiger charge is -2.18. The normalized spacial score (nSPS) is 15.2. The van der Waals surface area contributed by atoms with Gasteiger partial charge in [0.1, 0.15) is 5.76 Å². The van der Waals surface area contributed by atoms with Crippen molar-refractivity contribution in [3.63, 3.8) is 0 Å². The molecule has 0 spiro atoms. The van der Waals surface area contributed by atoms with Crippen LogP contribution in [0, 0.1) is 0 Å². The number of amides is 1. The molecular formula is C15H19NO2. The largest absolute Gasteiger partial charge is 0.508 e. The van der Waals surface area contributed by atoms with Crippen LogP contribution in [0.25, 0.3) is 5.76 Å². The molecule has 0 bridgehead atoms. The molecular weight excluding hydrogens is 226 g/mol. The van der Waals surface area contributed by atoms with E-state index in [0.29, 0.717) is 12.0 Å². The molecule has 1 fully saturated rings. The molecule has 3 heteroatoms. The van der Waals surface area contributed by atoms with Crippen molar-refractivity contribution in [2.24, 2.45) is 0 Å². The molecule has 1 aliphatic heterocycles. The van der Waals surface area contributed by atoms with E-state index in [1.807, 2.05) is 18.2 Å². The van der Waals surface area contributed by atoms with Gasteiger partial charge in [-0.05, 0) is 36.6 Å². The molecule has 1 aromatic rings. The maximum atomic E-state index is 11.8. The number of carbonyl (C=O) groups is 1. The lowest BCUT2D eigenvalue weighted by molar-refractivity contribution is -0.117. The van der Waals surface area contributed by atoms with Gasteiger partial charge in [0.25, 0.3) is 0 Å². The molecule has 3 nitrogen and oxygen atoms in total. The topological polar surface area (TPSA) is 40.5 Å². The van der Waals surface area contributed by atoms with Crippen molar-refractivity contribution in [1.29, 1.82) is 0 Å². The smallest absolute Gasteiger partial charge is 0.227 e. The van der Waals surface area contributed by atoms with E-state index in [4.69, 9.17) is 0 Å². The lowest BCUT2D eigenvalue weighted by atomic mass is 10.0. The molecule has 0 saturated carbocycles. The van der Waals surface area contributed by atoms with E-state index >= 15 is 0 Å². The van der Waals surface area contributed by atoms with Gasteiger partial charge in [-0.2, -0.15) is 0 Å². The van der Waals surface area contributed by atoms with Gasteiger partial charge in [0.15, 0.2) is 0 Å². The molecule has 0 atom stereocenters. The van der Waals surface area contributed by atoms with Crippen LogP contribution in [0.1, 0.15) is 37.3 Å². The summed E-state index contributed by atoms with van der Waals surface area (Å²) in [5, 5.41) is 9.55. The van der Waals surface area contributed by atoms with E-state index in [2.05, 4.69) is 13.5 Å². The van der Waals surface area contributed by atoms with Crippen LogP contribution in [0.2, 0.25) is 0 Å². The summed E-state index contributed by atoms with van der Waals surface area (Å²) >= 11 is 0. The van der Waals surface area contributed by atoms with Crippen LogP contribution in [-0.2, 0) is 11.2 Å². The number of aryl methyl sites for hydroxylation is 1. The summed E-state index contributed by atoms with van der Waals surface area (Å²) in [5.74, 6) is 0.221. The van der Waals surface area contributed by atoms with Crippen LogP contribution in [0.15, 0.2) is 24.8 Å². The Kier molecular flexibility index (Phi) is 3.70. The Morgan fingerprint density at radius 1 is 1.44 bits per heavy atom. The fraction of sp³-hybridized carbons (Fsp3) is 0.400. The van der Waals surface area contributed by atoms with Crippen LogP contribution in [0.3, 0.4) is 0 Å². The summed E-state index contributed by atoms with van der Waals surface area (Å²) in [4.78, 5) is 13.6. The molecule has 0 radical (unpaired) electrons. The summed E-state index contributed by atoms with van der Waals surface area (Å²) in [6.45, 7) is 6.45. The zero-order valence-electron chi connectivity index (χ0n) is 10.8. The van der Waals surface area contributed by atoms with Gasteiger partial charge in [0.05, 0.1) is 0 Å². The van der Waals surface area contributed by atoms with Crippen molar-refractivity contribution in [1.82, 2.24) is 0 Å². The number of aliphatic hydroxyl groups excluding tert-OH is 1. The van der Waals surface area contributed by atoms with Gasteiger partial charge in [-0.25, -0.2) is 0 Å². The van der Waals surface area contributed by atoms with Crippen molar-refractivity contribution in [3.05, 3.63) is 35.9 Å². The fourth-order valence-electron chi connectivity index (χ4n) is 2.35. The third-order valence-corrected chi connectivity index (χ3v) is 3.23. The summed E-state index contributed by atoms with van der Waals surface area (Å²) in [6.07, 6.45) is 3.50. The molecule has 96 valence electrons. The minimum atomic E-state index is 0.0563. The molecule has 18 heavy (non-hydrogen) atoms. The number of hydrogen-bond donors (Lipinski definition) is 1. The molecule has 1 N–H and O–H groups in total. The Morgan fingerprint density at radius 3 is 2.78 bits per heavy atom. The second-order valence-corrected chi connectivity index (χ2v) is 4.73. The number of hydrogen-bond acceptors (Lipinski definition) is 2. The van der Waals surface area contributed by atoms with Crippen LogP contribution >= 0.6 is 0 Å². The number of nitrogens with zero attached hydrogens (tertiary/aromatic N) is 1. The average Bonchev–Trinajstić information content (AvgIpc) is 2.75. The summed E-state index contributed by atoms with van der Waals surface area (Å²) in [7, 11) is 0. The first-order valence-corrected chi connectivity index (χ1v) is 6.44. The maximum Gasteiger partial charge on any atom is 0.227 e. The van der Waals surface area contributed by atoms with Crippen LogP contribution in [0.5, 0.6) is 0 Å². The monoisotopic (exact) mass is 245 g/mol. The van der Waals surface area contributed by atoms with Crippen molar-refractivity contribution in [3.8, 4) is 0 Å². The number of carbonyl (C=O) groups excluding carboxylic acids is 1. The highest BCUT2D eigenvalue weighted by Crippen LogP contribution is 2.26. The average molecular weight is 245 g/mol. The van der Waals surface area contributed by atoms with Crippen molar-refractivity contribution >= 4 is 17.4 Å². The van der Waals surface area contributed by atoms with E-state index < -0.39 is 0 Å². The standard InChI is InChI=1S/C15H19NO2/c1-3-5-12-8-13(11(2)17)10-14(9-12)16-7-4-6-15(16)18/h8-10,17H,2-7H2,1H3. The predicted molar refractivity (Wildman–Crippen MR) is 73.7 cm³/mol. The van der Waals surface area contributed by atoms with Gasteiger partial charge >= 0.3 is 0 Å². The van der Waals surface area contributed by atoms with Crippen molar-refractivity contribution < 1.29 is 9.90 Å². The highest BCUT2D eigenvalue weighted by molar-refractivity contribution is 5.95. The van der Waals surface area contributed by atoms with E-state index in [0.717, 1.165) is 37.1 Å². The predicted octanol–water partition coefficient (Wildman–Crippen LogP) is 3.29. The molecule has 2 rings (SSSR count). The molecule has 0 aromatic heterocycles. The highest BCUT2D eigenvalue weighted by Gasteiger charge is 2.22. The zero-order valence-corrected chi connectivity index (χ0v) is 10.8. The van der Waals surface area contributed by atoms with E-state index in [1.165, 1.54) is 0 Å². The van der Waals surface area contributed by atoms with Gasteiger partial charge in [0.2, 0.25) is 5.91 Å². The summed E-state index contributed by atoms with van der Waals surface area (Å²) < 4.78 is 0. The minimum absolute atomic E-state index is 0.0563. The van der Waals surface area contributed by atoms with Gasteiger partial charge in [-0.1, -0.05) is 19.9 Å². The number of anilines is 1. The number of rotatable bonds is 4. The quantitative estimate of drug-likeness (QED) is 0.827. The Bertz CT molecular complexity index is 479. The SMILES string of the molecule is C=C(O)c1cc(CCC)cc(N2CCCC2=O)c1. The van der Waals surface area contributed by atoms with E-state index in [1.54, 1.807) is 4.90 Å². The lowest BCUT2D eigenvalue weighted by Crippen LogP contribution is -2.23. The zero-order chi connectivity index (χ0) is 13.1. The minimum Gasteiger partial charge on any atom is -0.508 e. The van der Waals surface area contributed by atoms with Crippen LogP contribution < -0.4 is 4.90 Å². The van der Waals surface area contributed by atoms with E-state index in [9.17, 15) is 9.90 Å². The first-order chi connectivity index (χ1) is 8.61. The molecule has 1 heterocycles. The first kappa shape index (κ1) is 12.7. The Hall–Kier alpha value is -1.77. The second-order valence-electron chi connectivity index (χ2n) is 4.73. The van der Waals surface area contributed by atoms with Gasteiger partial charge in [0, 0.05) is 24.2 Å². The van der Waals surface area contributed by atoms with Crippen LogP contribution in [-0.4, -0.2) is 17.6 Å². The van der Waals surface area contributed by atoms with E-state index in [-0.39, 0.29) is 11.7 Å². The molecule has 0 aliphatic carbocycles. The molecule has 1 aromatic carbocycles. The van der Waals surface area contributed by atoms with Crippen molar-refractivity contribution in [2.45, 2.75) is 32.6 Å². The third kappa shape index (κ3) is 2.55. The number of benzene rings is 1. The van der Waals surface area contributed by atoms with Gasteiger partial charge < -0.3 is 10.0 Å². The Morgan fingerprint density at radius 2 is 2.22 bits per heavy atom. The molecule has 1 aliphatic rings. The summed E-state index contributed by atoms with van der Waals surface area (Å²) in [6, 6.07) is 5.82. The van der Waals surface area contributed by atoms with Crippen molar-refractivity contribution in [2.75, 3.05) is 11.4 Å².